The Morgan fingerprint density at radius 1 is 1.03 bits per heavy atom. The standard InChI is InChI=1S/C23H28ClN3O2/c1-16(2)14-22(28)27-12-10-26(11-13-27)20-8-6-19(7-9-20)25-23(29)18-5-4-17(3)21(24)15-18/h4-9,15-16H,10-14H2,1-3H3,(H,25,29). The van der Waals surface area contributed by atoms with E-state index in [1.807, 2.05) is 42.2 Å². The van der Waals surface area contributed by atoms with Crippen LogP contribution < -0.4 is 10.2 Å². The predicted molar refractivity (Wildman–Crippen MR) is 119 cm³/mol. The minimum Gasteiger partial charge on any atom is -0.368 e. The molecule has 29 heavy (non-hydrogen) atoms. The molecular formula is C23H28ClN3O2. The highest BCUT2D eigenvalue weighted by molar-refractivity contribution is 6.31. The summed E-state index contributed by atoms with van der Waals surface area (Å²) >= 11 is 6.11. The summed E-state index contributed by atoms with van der Waals surface area (Å²) in [7, 11) is 0. The van der Waals surface area contributed by atoms with E-state index in [1.54, 1.807) is 12.1 Å². The Labute approximate surface area is 177 Å². The molecule has 1 aliphatic rings. The average molecular weight is 414 g/mol. The molecule has 3 rings (SSSR count). The summed E-state index contributed by atoms with van der Waals surface area (Å²) < 4.78 is 0. The van der Waals surface area contributed by atoms with Crippen molar-refractivity contribution in [3.8, 4) is 0 Å². The van der Waals surface area contributed by atoms with Gasteiger partial charge in [-0.3, -0.25) is 9.59 Å². The molecule has 0 unspecified atom stereocenters. The van der Waals surface area contributed by atoms with Crippen molar-refractivity contribution >= 4 is 34.8 Å². The van der Waals surface area contributed by atoms with Crippen LogP contribution in [0.3, 0.4) is 0 Å². The van der Waals surface area contributed by atoms with Crippen molar-refractivity contribution in [1.82, 2.24) is 4.90 Å². The number of piperazine rings is 1. The van der Waals surface area contributed by atoms with Gasteiger partial charge in [0.05, 0.1) is 0 Å². The number of hydrogen-bond donors (Lipinski definition) is 1. The summed E-state index contributed by atoms with van der Waals surface area (Å²) in [5.74, 6) is 0.449. The zero-order valence-corrected chi connectivity index (χ0v) is 18.0. The van der Waals surface area contributed by atoms with Gasteiger partial charge >= 0.3 is 0 Å². The van der Waals surface area contributed by atoms with Gasteiger partial charge in [-0.05, 0) is 54.8 Å². The normalized spacial score (nSPS) is 14.2. The van der Waals surface area contributed by atoms with Gasteiger partial charge in [-0.25, -0.2) is 0 Å². The van der Waals surface area contributed by atoms with Crippen molar-refractivity contribution < 1.29 is 9.59 Å². The summed E-state index contributed by atoms with van der Waals surface area (Å²) in [6.07, 6.45) is 0.612. The number of nitrogens with zero attached hydrogens (tertiary/aromatic N) is 2. The summed E-state index contributed by atoms with van der Waals surface area (Å²) in [6, 6.07) is 13.1. The lowest BCUT2D eigenvalue weighted by atomic mass is 10.1. The van der Waals surface area contributed by atoms with Crippen LogP contribution in [-0.4, -0.2) is 42.9 Å². The van der Waals surface area contributed by atoms with Crippen LogP contribution in [0.4, 0.5) is 11.4 Å². The zero-order valence-electron chi connectivity index (χ0n) is 17.2. The van der Waals surface area contributed by atoms with Crippen molar-refractivity contribution in [3.63, 3.8) is 0 Å². The van der Waals surface area contributed by atoms with E-state index < -0.39 is 0 Å². The maximum absolute atomic E-state index is 12.4. The third kappa shape index (κ3) is 5.51. The number of nitrogens with one attached hydrogen (secondary N) is 1. The number of anilines is 2. The second kappa shape index (κ2) is 9.31. The fourth-order valence-corrected chi connectivity index (χ4v) is 3.57. The molecule has 0 aliphatic carbocycles. The Bertz CT molecular complexity index is 872. The van der Waals surface area contributed by atoms with Crippen LogP contribution in [-0.2, 0) is 4.79 Å². The monoisotopic (exact) mass is 413 g/mol. The maximum Gasteiger partial charge on any atom is 0.255 e. The molecular weight excluding hydrogens is 386 g/mol. The number of rotatable bonds is 5. The Morgan fingerprint density at radius 2 is 1.69 bits per heavy atom. The Kier molecular flexibility index (Phi) is 6.80. The lowest BCUT2D eigenvalue weighted by Gasteiger charge is -2.36. The Hall–Kier alpha value is -2.53. The van der Waals surface area contributed by atoms with E-state index in [-0.39, 0.29) is 11.8 Å². The molecule has 6 heteroatoms. The van der Waals surface area contributed by atoms with Crippen LogP contribution in [0.2, 0.25) is 5.02 Å². The summed E-state index contributed by atoms with van der Waals surface area (Å²) in [6.45, 7) is 9.18. The van der Waals surface area contributed by atoms with Gasteiger partial charge in [0.25, 0.3) is 5.91 Å². The van der Waals surface area contributed by atoms with Crippen molar-refractivity contribution in [3.05, 3.63) is 58.6 Å². The van der Waals surface area contributed by atoms with Gasteiger partial charge in [-0.15, -0.1) is 0 Å². The molecule has 0 spiro atoms. The van der Waals surface area contributed by atoms with Crippen molar-refractivity contribution in [2.24, 2.45) is 5.92 Å². The Morgan fingerprint density at radius 3 is 2.28 bits per heavy atom. The van der Waals surface area contributed by atoms with Gasteiger partial charge in [-0.1, -0.05) is 31.5 Å². The molecule has 0 saturated carbocycles. The van der Waals surface area contributed by atoms with Crippen molar-refractivity contribution in [1.29, 1.82) is 0 Å². The van der Waals surface area contributed by atoms with Gasteiger partial charge in [0.15, 0.2) is 0 Å². The predicted octanol–water partition coefficient (Wildman–Crippen LogP) is 4.60. The first-order chi connectivity index (χ1) is 13.8. The molecule has 2 amide bonds. The topological polar surface area (TPSA) is 52.7 Å². The van der Waals surface area contributed by atoms with Crippen LogP contribution in [0.15, 0.2) is 42.5 Å². The Balaban J connectivity index is 1.56. The van der Waals surface area contributed by atoms with E-state index >= 15 is 0 Å². The highest BCUT2D eigenvalue weighted by Gasteiger charge is 2.21. The smallest absolute Gasteiger partial charge is 0.255 e. The van der Waals surface area contributed by atoms with Crippen LogP contribution in [0.25, 0.3) is 0 Å². The lowest BCUT2D eigenvalue weighted by Crippen LogP contribution is -2.49. The fraction of sp³-hybridized carbons (Fsp3) is 0.391. The number of benzene rings is 2. The number of halogens is 1. The van der Waals surface area contributed by atoms with E-state index in [9.17, 15) is 9.59 Å². The molecule has 5 nitrogen and oxygen atoms in total. The molecule has 0 aromatic heterocycles. The molecule has 154 valence electrons. The van der Waals surface area contributed by atoms with E-state index in [2.05, 4.69) is 24.1 Å². The molecule has 1 saturated heterocycles. The minimum atomic E-state index is -0.183. The van der Waals surface area contributed by atoms with Crippen molar-refractivity contribution in [2.75, 3.05) is 36.4 Å². The quantitative estimate of drug-likeness (QED) is 0.779. The highest BCUT2D eigenvalue weighted by atomic mass is 35.5. The number of aryl methyl sites for hydroxylation is 1. The average Bonchev–Trinajstić information content (AvgIpc) is 2.70. The minimum absolute atomic E-state index is 0.183. The molecule has 1 aliphatic heterocycles. The molecule has 1 fully saturated rings. The van der Waals surface area contributed by atoms with Crippen LogP contribution >= 0.6 is 11.6 Å². The van der Waals surface area contributed by atoms with Gasteiger partial charge < -0.3 is 15.1 Å². The summed E-state index contributed by atoms with van der Waals surface area (Å²) in [5.41, 5.74) is 3.31. The first kappa shape index (κ1) is 21.2. The van der Waals surface area contributed by atoms with Gasteiger partial charge in [0.1, 0.15) is 0 Å². The summed E-state index contributed by atoms with van der Waals surface area (Å²) in [5, 5.41) is 3.49. The highest BCUT2D eigenvalue weighted by Crippen LogP contribution is 2.22. The van der Waals surface area contributed by atoms with Gasteiger partial charge in [0, 0.05) is 54.6 Å². The molecule has 1 N–H and O–H groups in total. The third-order valence-electron chi connectivity index (χ3n) is 5.14. The number of amides is 2. The third-order valence-corrected chi connectivity index (χ3v) is 5.55. The first-order valence-electron chi connectivity index (χ1n) is 10.0. The van der Waals surface area contributed by atoms with Gasteiger partial charge in [-0.2, -0.15) is 0 Å². The zero-order chi connectivity index (χ0) is 21.0. The van der Waals surface area contributed by atoms with Crippen LogP contribution in [0, 0.1) is 12.8 Å². The van der Waals surface area contributed by atoms with Crippen LogP contribution in [0.5, 0.6) is 0 Å². The summed E-state index contributed by atoms with van der Waals surface area (Å²) in [4.78, 5) is 28.9. The molecule has 0 radical (unpaired) electrons. The van der Waals surface area contributed by atoms with E-state index in [1.165, 1.54) is 0 Å². The molecule has 0 atom stereocenters. The molecule has 1 heterocycles. The SMILES string of the molecule is Cc1ccc(C(=O)Nc2ccc(N3CCN(C(=O)CC(C)C)CC3)cc2)cc1Cl. The van der Waals surface area contributed by atoms with Gasteiger partial charge in [0.2, 0.25) is 5.91 Å². The number of carbonyl (C=O) groups is 2. The second-order valence-electron chi connectivity index (χ2n) is 7.93. The van der Waals surface area contributed by atoms with Crippen molar-refractivity contribution in [2.45, 2.75) is 27.2 Å². The van der Waals surface area contributed by atoms with E-state index in [0.717, 1.165) is 43.1 Å². The lowest BCUT2D eigenvalue weighted by molar-refractivity contribution is -0.132. The second-order valence-corrected chi connectivity index (χ2v) is 8.34. The van der Waals surface area contributed by atoms with E-state index in [0.29, 0.717) is 22.9 Å². The van der Waals surface area contributed by atoms with Crippen LogP contribution in [0.1, 0.15) is 36.2 Å². The maximum atomic E-state index is 12.4. The molecule has 2 aromatic rings. The largest absolute Gasteiger partial charge is 0.368 e. The molecule has 2 aromatic carbocycles. The number of carbonyl (C=O) groups excluding carboxylic acids is 2. The first-order valence-corrected chi connectivity index (χ1v) is 10.4. The fourth-order valence-electron chi connectivity index (χ4n) is 3.39. The number of hydrogen-bond acceptors (Lipinski definition) is 3. The van der Waals surface area contributed by atoms with E-state index in [4.69, 9.17) is 11.6 Å². The molecule has 0 bridgehead atoms.